The van der Waals surface area contributed by atoms with Crippen LogP contribution in [-0.2, 0) is 16.0 Å². The number of hydrogen-bond acceptors (Lipinski definition) is 4. The molecular formula is C26H22N2O2S2. The molecule has 2 heterocycles. The zero-order valence-corrected chi connectivity index (χ0v) is 18.9. The zero-order chi connectivity index (χ0) is 21.9. The minimum Gasteiger partial charge on any atom is -0.341 e. The lowest BCUT2D eigenvalue weighted by Gasteiger charge is -2.47. The van der Waals surface area contributed by atoms with Gasteiger partial charge in [-0.05, 0) is 28.8 Å². The predicted molar refractivity (Wildman–Crippen MR) is 131 cm³/mol. The number of fused-ring (bicyclic) bond motifs is 1. The minimum absolute atomic E-state index is 0.0213. The Morgan fingerprint density at radius 3 is 2.31 bits per heavy atom. The average Bonchev–Trinajstić information content (AvgIpc) is 2.84. The zero-order valence-electron chi connectivity index (χ0n) is 17.3. The number of β-lactam (4-membered cyclic amide) rings is 1. The minimum atomic E-state index is -0.441. The van der Waals surface area contributed by atoms with Crippen molar-refractivity contribution in [2.75, 3.05) is 5.75 Å². The van der Waals surface area contributed by atoms with Crippen LogP contribution in [0.4, 0.5) is 0 Å². The van der Waals surface area contributed by atoms with Gasteiger partial charge in [-0.1, -0.05) is 84.6 Å². The Balaban J connectivity index is 1.18. The second-order valence-corrected chi connectivity index (χ2v) is 10.0. The van der Waals surface area contributed by atoms with E-state index < -0.39 is 6.04 Å². The Morgan fingerprint density at radius 2 is 1.59 bits per heavy atom. The first kappa shape index (κ1) is 20.9. The molecule has 2 amide bonds. The number of hydrogen-bond donors (Lipinski definition) is 1. The van der Waals surface area contributed by atoms with Gasteiger partial charge in [-0.3, -0.25) is 9.59 Å². The van der Waals surface area contributed by atoms with Crippen LogP contribution in [0.25, 0.3) is 11.1 Å². The number of thioether (sulfide) groups is 2. The maximum absolute atomic E-state index is 12.6. The summed E-state index contributed by atoms with van der Waals surface area (Å²) in [5.74, 6) is 0.670. The van der Waals surface area contributed by atoms with Gasteiger partial charge in [0, 0.05) is 21.8 Å². The normalized spacial score (nSPS) is 19.6. The highest BCUT2D eigenvalue weighted by molar-refractivity contribution is 8.06. The van der Waals surface area contributed by atoms with E-state index in [9.17, 15) is 9.59 Å². The van der Waals surface area contributed by atoms with Crippen LogP contribution in [-0.4, -0.2) is 33.9 Å². The summed E-state index contributed by atoms with van der Waals surface area (Å²) in [6.07, 6.45) is 2.23. The molecule has 1 N–H and O–H groups in total. The molecule has 0 spiro atoms. The fourth-order valence-electron chi connectivity index (χ4n) is 3.85. The topological polar surface area (TPSA) is 49.4 Å². The van der Waals surface area contributed by atoms with Crippen LogP contribution in [0.15, 0.2) is 101 Å². The second kappa shape index (κ2) is 9.27. The number of nitrogens with zero attached hydrogens (tertiary/aromatic N) is 1. The van der Waals surface area contributed by atoms with E-state index in [-0.39, 0.29) is 23.6 Å². The van der Waals surface area contributed by atoms with Crippen molar-refractivity contribution in [3.8, 4) is 11.1 Å². The van der Waals surface area contributed by atoms with Crippen molar-refractivity contribution in [3.05, 3.63) is 102 Å². The molecule has 3 aromatic carbocycles. The molecule has 0 aromatic heterocycles. The molecule has 0 bridgehead atoms. The summed E-state index contributed by atoms with van der Waals surface area (Å²) in [7, 11) is 0. The lowest BCUT2D eigenvalue weighted by atomic mass is 10.1. The van der Waals surface area contributed by atoms with E-state index in [0.717, 1.165) is 21.1 Å². The Kier molecular flexibility index (Phi) is 6.06. The highest BCUT2D eigenvalue weighted by Gasteiger charge is 2.49. The third kappa shape index (κ3) is 4.47. The second-order valence-electron chi connectivity index (χ2n) is 7.74. The average molecular weight is 459 g/mol. The van der Waals surface area contributed by atoms with Crippen molar-refractivity contribution in [2.45, 2.75) is 22.7 Å². The van der Waals surface area contributed by atoms with E-state index in [0.29, 0.717) is 0 Å². The van der Waals surface area contributed by atoms with E-state index in [2.05, 4.69) is 41.7 Å². The Bertz CT molecular complexity index is 1150. The lowest BCUT2D eigenvalue weighted by molar-refractivity contribution is -0.144. The van der Waals surface area contributed by atoms with Crippen LogP contribution >= 0.6 is 23.5 Å². The van der Waals surface area contributed by atoms with Gasteiger partial charge >= 0.3 is 0 Å². The summed E-state index contributed by atoms with van der Waals surface area (Å²) in [6.45, 7) is 0. The number of carbonyl (C=O) groups is 2. The molecule has 0 saturated carbocycles. The molecule has 2 atom stereocenters. The van der Waals surface area contributed by atoms with Crippen molar-refractivity contribution in [3.63, 3.8) is 0 Å². The summed E-state index contributed by atoms with van der Waals surface area (Å²) >= 11 is 3.39. The highest BCUT2D eigenvalue weighted by atomic mass is 32.2. The Labute approximate surface area is 196 Å². The van der Waals surface area contributed by atoms with Crippen molar-refractivity contribution >= 4 is 35.3 Å². The van der Waals surface area contributed by atoms with Crippen molar-refractivity contribution in [1.82, 2.24) is 10.2 Å². The molecule has 3 aromatic rings. The van der Waals surface area contributed by atoms with Crippen LogP contribution in [0.5, 0.6) is 0 Å². The molecule has 5 rings (SSSR count). The number of amides is 2. The summed E-state index contributed by atoms with van der Waals surface area (Å²) in [5, 5.41) is 2.89. The standard InChI is InChI=1S/C26H22N2O2S2/c29-23(15-18-7-3-1-4-8-18)27-24-25(30)28-16-22(17-31-26(24)28)32-21-13-11-20(12-14-21)19-9-5-2-6-10-19/h1-14,16,24,26H,15,17H2,(H,27,29)/t24-,26-/m1/s1. The number of benzene rings is 3. The van der Waals surface area contributed by atoms with Crippen molar-refractivity contribution in [1.29, 1.82) is 0 Å². The van der Waals surface area contributed by atoms with E-state index in [1.807, 2.05) is 54.7 Å². The SMILES string of the molecule is O=C(Cc1ccccc1)N[C@@H]1C(=O)N2C=C(Sc3ccc(-c4ccccc4)cc3)CS[C@H]12. The van der Waals surface area contributed by atoms with Gasteiger partial charge in [-0.2, -0.15) is 0 Å². The fourth-order valence-corrected chi connectivity index (χ4v) is 6.14. The van der Waals surface area contributed by atoms with E-state index in [4.69, 9.17) is 0 Å². The van der Waals surface area contributed by atoms with Gasteiger partial charge in [0.05, 0.1) is 6.42 Å². The number of nitrogens with one attached hydrogen (secondary N) is 1. The van der Waals surface area contributed by atoms with Crippen LogP contribution in [0.2, 0.25) is 0 Å². The number of rotatable bonds is 6. The first-order valence-corrected chi connectivity index (χ1v) is 12.3. The molecule has 0 aliphatic carbocycles. The maximum atomic E-state index is 12.6. The molecule has 1 fully saturated rings. The third-order valence-electron chi connectivity index (χ3n) is 5.49. The van der Waals surface area contributed by atoms with Crippen LogP contribution in [0.3, 0.4) is 0 Å². The molecule has 1 saturated heterocycles. The Hall–Kier alpha value is -2.96. The van der Waals surface area contributed by atoms with Gasteiger partial charge in [0.25, 0.3) is 5.91 Å². The third-order valence-corrected chi connectivity index (χ3v) is 8.01. The summed E-state index contributed by atoms with van der Waals surface area (Å²) < 4.78 is 0. The summed E-state index contributed by atoms with van der Waals surface area (Å²) in [6, 6.07) is 28.0. The van der Waals surface area contributed by atoms with Crippen LogP contribution in [0, 0.1) is 0 Å². The van der Waals surface area contributed by atoms with Gasteiger partial charge in [-0.25, -0.2) is 0 Å². The van der Waals surface area contributed by atoms with Gasteiger partial charge < -0.3 is 10.2 Å². The largest absolute Gasteiger partial charge is 0.341 e. The maximum Gasteiger partial charge on any atom is 0.253 e. The molecule has 4 nitrogen and oxygen atoms in total. The molecular weight excluding hydrogens is 436 g/mol. The van der Waals surface area contributed by atoms with Crippen LogP contribution < -0.4 is 5.32 Å². The van der Waals surface area contributed by atoms with Crippen molar-refractivity contribution < 1.29 is 9.59 Å². The smallest absolute Gasteiger partial charge is 0.253 e. The van der Waals surface area contributed by atoms with Gasteiger partial charge in [0.1, 0.15) is 11.4 Å². The first-order valence-electron chi connectivity index (χ1n) is 10.5. The van der Waals surface area contributed by atoms with E-state index in [1.54, 1.807) is 28.4 Å². The summed E-state index contributed by atoms with van der Waals surface area (Å²) in [5.41, 5.74) is 3.33. The van der Waals surface area contributed by atoms with Gasteiger partial charge in [0.15, 0.2) is 0 Å². The molecule has 0 radical (unpaired) electrons. The molecule has 32 heavy (non-hydrogen) atoms. The van der Waals surface area contributed by atoms with Gasteiger partial charge in [-0.15, -0.1) is 11.8 Å². The quantitative estimate of drug-likeness (QED) is 0.532. The predicted octanol–water partition coefficient (Wildman–Crippen LogP) is 4.93. The number of carbonyl (C=O) groups excluding carboxylic acids is 2. The summed E-state index contributed by atoms with van der Waals surface area (Å²) in [4.78, 5) is 29.0. The first-order chi connectivity index (χ1) is 15.7. The van der Waals surface area contributed by atoms with Crippen molar-refractivity contribution in [2.24, 2.45) is 0 Å². The fraction of sp³-hybridized carbons (Fsp3) is 0.154. The molecule has 160 valence electrons. The molecule has 2 aliphatic heterocycles. The molecule has 0 unspecified atom stereocenters. The highest BCUT2D eigenvalue weighted by Crippen LogP contribution is 2.41. The van der Waals surface area contributed by atoms with E-state index in [1.165, 1.54) is 11.1 Å². The van der Waals surface area contributed by atoms with Crippen LogP contribution in [0.1, 0.15) is 5.56 Å². The lowest BCUT2D eigenvalue weighted by Crippen LogP contribution is -2.68. The molecule has 6 heteroatoms. The monoisotopic (exact) mass is 458 g/mol. The molecule has 2 aliphatic rings. The Morgan fingerprint density at radius 1 is 0.938 bits per heavy atom. The van der Waals surface area contributed by atoms with E-state index >= 15 is 0 Å². The van der Waals surface area contributed by atoms with Gasteiger partial charge in [0.2, 0.25) is 5.91 Å².